The summed E-state index contributed by atoms with van der Waals surface area (Å²) in [6.45, 7) is 2.36. The third-order valence-electron chi connectivity index (χ3n) is 7.97. The van der Waals surface area contributed by atoms with E-state index in [-0.39, 0.29) is 11.0 Å². The number of rotatable bonds is 3. The topological polar surface area (TPSA) is 89.0 Å². The van der Waals surface area contributed by atoms with Gasteiger partial charge in [0.25, 0.3) is 0 Å². The molecule has 198 valence electrons. The van der Waals surface area contributed by atoms with Crippen molar-refractivity contribution in [2.75, 3.05) is 32.4 Å². The largest absolute Gasteiger partial charge is 0.485 e. The maximum atomic E-state index is 12.7. The van der Waals surface area contributed by atoms with Crippen molar-refractivity contribution in [3.63, 3.8) is 0 Å². The molecule has 1 saturated heterocycles. The Labute approximate surface area is 208 Å². The average molecular weight is 530 g/mol. The first-order valence-corrected chi connectivity index (χ1v) is 14.0. The second-order valence-corrected chi connectivity index (χ2v) is 12.6. The molecule has 2 spiro atoms. The summed E-state index contributed by atoms with van der Waals surface area (Å²) >= 11 is 0. The highest BCUT2D eigenvalue weighted by molar-refractivity contribution is 7.88. The molecule has 4 aliphatic rings. The first kappa shape index (κ1) is 25.3. The molecule has 1 atom stereocenters. The lowest BCUT2D eigenvalue weighted by molar-refractivity contribution is -0.200. The van der Waals surface area contributed by atoms with Crippen LogP contribution in [0, 0.1) is 5.41 Å². The zero-order valence-electron chi connectivity index (χ0n) is 20.3. The van der Waals surface area contributed by atoms with Gasteiger partial charge in [0.05, 0.1) is 18.1 Å². The Balaban J connectivity index is 1.16. The van der Waals surface area contributed by atoms with Gasteiger partial charge in [-0.3, -0.25) is 4.98 Å². The lowest BCUT2D eigenvalue weighted by Crippen LogP contribution is -2.59. The second kappa shape index (κ2) is 8.61. The maximum Gasteiger partial charge on any atom is 0.425 e. The third kappa shape index (κ3) is 4.81. The summed E-state index contributed by atoms with van der Waals surface area (Å²) < 4.78 is 73.9. The molecule has 0 radical (unpaired) electrons. The Morgan fingerprint density at radius 2 is 1.92 bits per heavy atom. The number of sulfonamides is 1. The van der Waals surface area contributed by atoms with E-state index >= 15 is 0 Å². The van der Waals surface area contributed by atoms with Crippen molar-refractivity contribution >= 4 is 21.7 Å². The van der Waals surface area contributed by atoms with E-state index in [9.17, 15) is 26.4 Å². The summed E-state index contributed by atoms with van der Waals surface area (Å²) in [6.07, 6.45) is 1.71. The zero-order valence-corrected chi connectivity index (χ0v) is 21.1. The number of carbonyl (C=O) groups is 1. The SMILES string of the molecule is C[C@@H](OC(=O)N1CCC2(CC1)CC1(Cc3cc(C4=CCN(S(C)(=O)=O)CC4)ncc3O1)C2)C(F)(F)F. The standard InChI is InChI=1S/C24H30F3N3O5S/c1-16(24(25,26)27)34-21(31)29-9-5-22(6-10-29)14-23(15-22)12-18-11-19(28-13-20(18)35-23)17-3-7-30(8-4-17)36(2,32)33/h3,11,13,16H,4-10,12,14-15H2,1-2H3/t16-/m1/s1. The van der Waals surface area contributed by atoms with Crippen molar-refractivity contribution in [3.05, 3.63) is 29.6 Å². The summed E-state index contributed by atoms with van der Waals surface area (Å²) in [5, 5.41) is 0. The van der Waals surface area contributed by atoms with Crippen LogP contribution in [0.3, 0.4) is 0 Å². The van der Waals surface area contributed by atoms with Crippen LogP contribution in [0.5, 0.6) is 5.75 Å². The number of alkyl halides is 3. The predicted molar refractivity (Wildman–Crippen MR) is 125 cm³/mol. The van der Waals surface area contributed by atoms with E-state index in [0.29, 0.717) is 45.4 Å². The highest BCUT2D eigenvalue weighted by Crippen LogP contribution is 2.60. The van der Waals surface area contributed by atoms with E-state index in [1.165, 1.54) is 15.5 Å². The Bertz CT molecular complexity index is 1180. The van der Waals surface area contributed by atoms with Gasteiger partial charge in [-0.05, 0) is 56.1 Å². The monoisotopic (exact) mass is 529 g/mol. The van der Waals surface area contributed by atoms with Crippen molar-refractivity contribution in [2.24, 2.45) is 5.41 Å². The number of amides is 1. The van der Waals surface area contributed by atoms with Crippen LogP contribution in [0.1, 0.15) is 50.3 Å². The van der Waals surface area contributed by atoms with Crippen LogP contribution in [-0.2, 0) is 21.2 Å². The first-order chi connectivity index (χ1) is 16.8. The molecule has 1 saturated carbocycles. The molecule has 5 rings (SSSR count). The van der Waals surface area contributed by atoms with Gasteiger partial charge in [0.1, 0.15) is 11.4 Å². The van der Waals surface area contributed by atoms with Crippen molar-refractivity contribution in [1.29, 1.82) is 0 Å². The number of nitrogens with zero attached hydrogens (tertiary/aromatic N) is 3. The number of carbonyl (C=O) groups excluding carboxylic acids is 1. The molecule has 8 nitrogen and oxygen atoms in total. The van der Waals surface area contributed by atoms with Crippen LogP contribution in [-0.4, -0.2) is 79.0 Å². The minimum Gasteiger partial charge on any atom is -0.485 e. The maximum absolute atomic E-state index is 12.7. The summed E-state index contributed by atoms with van der Waals surface area (Å²) in [5.41, 5.74) is 2.68. The molecular formula is C24H30F3N3O5S. The molecule has 1 amide bonds. The smallest absolute Gasteiger partial charge is 0.425 e. The fourth-order valence-corrected chi connectivity index (χ4v) is 6.78. The number of pyridine rings is 1. The van der Waals surface area contributed by atoms with Crippen LogP contribution in [0.4, 0.5) is 18.0 Å². The van der Waals surface area contributed by atoms with Gasteiger partial charge < -0.3 is 14.4 Å². The number of aromatic nitrogens is 1. The number of hydrogen-bond donors (Lipinski definition) is 0. The zero-order chi connectivity index (χ0) is 25.9. The molecule has 0 N–H and O–H groups in total. The fraction of sp³-hybridized carbons (Fsp3) is 0.667. The van der Waals surface area contributed by atoms with Crippen LogP contribution in [0.25, 0.3) is 5.57 Å². The molecule has 3 aliphatic heterocycles. The molecule has 1 aromatic rings. The van der Waals surface area contributed by atoms with Crippen LogP contribution < -0.4 is 4.74 Å². The van der Waals surface area contributed by atoms with Crippen molar-refractivity contribution in [1.82, 2.24) is 14.2 Å². The van der Waals surface area contributed by atoms with E-state index in [0.717, 1.165) is 48.8 Å². The highest BCUT2D eigenvalue weighted by Gasteiger charge is 2.59. The number of piperidine rings is 1. The Hall–Kier alpha value is -2.34. The van der Waals surface area contributed by atoms with Crippen LogP contribution >= 0.6 is 0 Å². The molecule has 4 heterocycles. The summed E-state index contributed by atoms with van der Waals surface area (Å²) in [4.78, 5) is 18.1. The minimum absolute atomic E-state index is 0.0196. The Morgan fingerprint density at radius 3 is 2.50 bits per heavy atom. The highest BCUT2D eigenvalue weighted by atomic mass is 32.2. The van der Waals surface area contributed by atoms with Crippen molar-refractivity contribution in [2.45, 2.75) is 63.3 Å². The normalized spacial score (nSPS) is 24.0. The van der Waals surface area contributed by atoms with Gasteiger partial charge in [-0.15, -0.1) is 0 Å². The summed E-state index contributed by atoms with van der Waals surface area (Å²) in [5.74, 6) is 0.768. The summed E-state index contributed by atoms with van der Waals surface area (Å²) in [6, 6.07) is 2.04. The predicted octanol–water partition coefficient (Wildman–Crippen LogP) is 3.77. The first-order valence-electron chi connectivity index (χ1n) is 12.1. The lowest BCUT2D eigenvalue weighted by Gasteiger charge is -2.56. The van der Waals surface area contributed by atoms with Gasteiger partial charge in [-0.1, -0.05) is 6.08 Å². The van der Waals surface area contributed by atoms with Gasteiger partial charge in [0.2, 0.25) is 10.0 Å². The number of fused-ring (bicyclic) bond motifs is 1. The van der Waals surface area contributed by atoms with Gasteiger partial charge in [-0.2, -0.15) is 17.5 Å². The molecule has 0 aromatic carbocycles. The quantitative estimate of drug-likeness (QED) is 0.593. The number of halogens is 3. The molecule has 36 heavy (non-hydrogen) atoms. The van der Waals surface area contributed by atoms with E-state index in [1.54, 1.807) is 6.20 Å². The molecule has 1 aromatic heterocycles. The van der Waals surface area contributed by atoms with Crippen LogP contribution in [0.15, 0.2) is 18.3 Å². The van der Waals surface area contributed by atoms with E-state index in [1.807, 2.05) is 12.1 Å². The molecule has 0 unspecified atom stereocenters. The molecule has 1 aliphatic carbocycles. The second-order valence-electron chi connectivity index (χ2n) is 10.6. The van der Waals surface area contributed by atoms with Gasteiger partial charge in [0.15, 0.2) is 6.10 Å². The van der Waals surface area contributed by atoms with Gasteiger partial charge in [-0.25, -0.2) is 13.2 Å². The minimum atomic E-state index is -4.57. The summed E-state index contributed by atoms with van der Waals surface area (Å²) in [7, 11) is -3.21. The Morgan fingerprint density at radius 1 is 1.22 bits per heavy atom. The van der Waals surface area contributed by atoms with Gasteiger partial charge in [0, 0.05) is 38.2 Å². The van der Waals surface area contributed by atoms with E-state index < -0.39 is 28.4 Å². The Kier molecular flexibility index (Phi) is 6.06. The van der Waals surface area contributed by atoms with Gasteiger partial charge >= 0.3 is 12.3 Å². The average Bonchev–Trinajstić information content (AvgIpc) is 3.16. The molecule has 2 fully saturated rings. The molecule has 0 bridgehead atoms. The lowest BCUT2D eigenvalue weighted by atomic mass is 9.54. The number of hydrogen-bond acceptors (Lipinski definition) is 6. The van der Waals surface area contributed by atoms with Crippen LogP contribution in [0.2, 0.25) is 0 Å². The molecular weight excluding hydrogens is 499 g/mol. The fourth-order valence-electron chi connectivity index (χ4n) is 6.01. The van der Waals surface area contributed by atoms with Crippen molar-refractivity contribution in [3.8, 4) is 5.75 Å². The van der Waals surface area contributed by atoms with E-state index in [4.69, 9.17) is 4.74 Å². The molecule has 12 heteroatoms. The van der Waals surface area contributed by atoms with Crippen molar-refractivity contribution < 1.29 is 35.9 Å². The number of likely N-dealkylation sites (tertiary alicyclic amines) is 1. The third-order valence-corrected chi connectivity index (χ3v) is 9.24. The number of ether oxygens (including phenoxy) is 2. The van der Waals surface area contributed by atoms with E-state index in [2.05, 4.69) is 9.72 Å².